The SMILES string of the molecule is CC1(C)c2ccccc2-c2cc3c4c(n(-c5ccccc5-c5nc(-c6ccccc6)nc(-c6ccccc6)n5)c3cc21)CCC=C4. The molecular weight excluding hydrogens is 560 g/mol. The summed E-state index contributed by atoms with van der Waals surface area (Å²) in [5, 5.41) is 1.29. The summed E-state index contributed by atoms with van der Waals surface area (Å²) in [6.07, 6.45) is 6.62. The van der Waals surface area contributed by atoms with E-state index in [-0.39, 0.29) is 5.41 Å². The fraction of sp³-hybridized carbons (Fsp3) is 0.119. The van der Waals surface area contributed by atoms with Crippen molar-refractivity contribution >= 4 is 17.0 Å². The summed E-state index contributed by atoms with van der Waals surface area (Å²) in [5.74, 6) is 2.00. The number of nitrogens with zero attached hydrogens (tertiary/aromatic N) is 4. The molecule has 2 aliphatic rings. The Hall–Kier alpha value is -5.61. The van der Waals surface area contributed by atoms with Gasteiger partial charge in [-0.15, -0.1) is 0 Å². The van der Waals surface area contributed by atoms with Crippen LogP contribution in [0.2, 0.25) is 0 Å². The lowest BCUT2D eigenvalue weighted by molar-refractivity contribution is 0.661. The van der Waals surface area contributed by atoms with E-state index in [1.54, 1.807) is 0 Å². The molecule has 0 saturated heterocycles. The first kappa shape index (κ1) is 26.8. The third-order valence-electron chi connectivity index (χ3n) is 9.73. The van der Waals surface area contributed by atoms with Crippen LogP contribution >= 0.6 is 0 Å². The second-order valence-corrected chi connectivity index (χ2v) is 12.8. The van der Waals surface area contributed by atoms with Crippen molar-refractivity contribution in [1.82, 2.24) is 19.5 Å². The molecule has 0 amide bonds. The first-order valence-corrected chi connectivity index (χ1v) is 16.0. The highest BCUT2D eigenvalue weighted by molar-refractivity contribution is 6.00. The molecule has 0 spiro atoms. The number of para-hydroxylation sites is 1. The second-order valence-electron chi connectivity index (χ2n) is 12.8. The molecule has 7 aromatic rings. The minimum absolute atomic E-state index is 0.0888. The molecular formula is C42H32N4. The lowest BCUT2D eigenvalue weighted by Crippen LogP contribution is -2.15. The molecule has 2 heterocycles. The lowest BCUT2D eigenvalue weighted by Gasteiger charge is -2.22. The largest absolute Gasteiger partial charge is 0.312 e. The lowest BCUT2D eigenvalue weighted by atomic mass is 9.82. The van der Waals surface area contributed by atoms with Crippen molar-refractivity contribution in [2.45, 2.75) is 32.1 Å². The minimum Gasteiger partial charge on any atom is -0.312 e. The molecule has 0 bridgehead atoms. The Morgan fingerprint density at radius 2 is 1.20 bits per heavy atom. The summed E-state index contributed by atoms with van der Waals surface area (Å²) >= 11 is 0. The number of benzene rings is 5. The molecule has 9 rings (SSSR count). The molecule has 0 aliphatic heterocycles. The average molecular weight is 593 g/mol. The molecule has 0 fully saturated rings. The highest BCUT2D eigenvalue weighted by Crippen LogP contribution is 2.51. The van der Waals surface area contributed by atoms with E-state index in [1.165, 1.54) is 44.4 Å². The van der Waals surface area contributed by atoms with Gasteiger partial charge in [0.2, 0.25) is 0 Å². The van der Waals surface area contributed by atoms with Gasteiger partial charge in [0.1, 0.15) is 0 Å². The normalized spacial score (nSPS) is 14.2. The smallest absolute Gasteiger partial charge is 0.166 e. The maximum absolute atomic E-state index is 5.12. The fourth-order valence-electron chi connectivity index (χ4n) is 7.47. The fourth-order valence-corrected chi connectivity index (χ4v) is 7.47. The van der Waals surface area contributed by atoms with Crippen LogP contribution in [0.5, 0.6) is 0 Å². The topological polar surface area (TPSA) is 43.6 Å². The van der Waals surface area contributed by atoms with Gasteiger partial charge in [-0.05, 0) is 59.4 Å². The van der Waals surface area contributed by atoms with Crippen LogP contribution in [0.4, 0.5) is 0 Å². The number of hydrogen-bond donors (Lipinski definition) is 0. The Labute approximate surface area is 268 Å². The van der Waals surface area contributed by atoms with Crippen molar-refractivity contribution in [3.05, 3.63) is 150 Å². The molecule has 2 aromatic heterocycles. The summed E-state index contributed by atoms with van der Waals surface area (Å²) < 4.78 is 2.48. The molecule has 2 aliphatic carbocycles. The predicted molar refractivity (Wildman–Crippen MR) is 188 cm³/mol. The Kier molecular flexibility index (Phi) is 5.94. The Morgan fingerprint density at radius 1 is 0.587 bits per heavy atom. The Bertz CT molecular complexity index is 2270. The maximum atomic E-state index is 5.12. The third kappa shape index (κ3) is 4.03. The van der Waals surface area contributed by atoms with Crippen molar-refractivity contribution in [2.75, 3.05) is 0 Å². The van der Waals surface area contributed by atoms with Gasteiger partial charge < -0.3 is 4.57 Å². The Morgan fingerprint density at radius 3 is 1.91 bits per heavy atom. The van der Waals surface area contributed by atoms with Crippen LogP contribution < -0.4 is 0 Å². The van der Waals surface area contributed by atoms with Gasteiger partial charge in [0, 0.05) is 38.7 Å². The van der Waals surface area contributed by atoms with Gasteiger partial charge in [-0.2, -0.15) is 0 Å². The third-order valence-corrected chi connectivity index (χ3v) is 9.73. The zero-order valence-electron chi connectivity index (χ0n) is 25.9. The summed E-state index contributed by atoms with van der Waals surface area (Å²) in [4.78, 5) is 15.2. The highest BCUT2D eigenvalue weighted by atomic mass is 15.1. The van der Waals surface area contributed by atoms with Crippen LogP contribution in [0.1, 0.15) is 42.7 Å². The van der Waals surface area contributed by atoms with Crippen LogP contribution in [0.3, 0.4) is 0 Å². The van der Waals surface area contributed by atoms with E-state index < -0.39 is 0 Å². The summed E-state index contributed by atoms with van der Waals surface area (Å²) in [5.41, 5.74) is 13.2. The number of fused-ring (bicyclic) bond motifs is 6. The van der Waals surface area contributed by atoms with Crippen LogP contribution in [0.25, 0.3) is 68.0 Å². The molecule has 220 valence electrons. The van der Waals surface area contributed by atoms with Gasteiger partial charge in [-0.25, -0.2) is 15.0 Å². The molecule has 4 heteroatoms. The van der Waals surface area contributed by atoms with E-state index in [2.05, 4.69) is 115 Å². The molecule has 0 unspecified atom stereocenters. The van der Waals surface area contributed by atoms with E-state index in [9.17, 15) is 0 Å². The van der Waals surface area contributed by atoms with E-state index >= 15 is 0 Å². The van der Waals surface area contributed by atoms with Gasteiger partial charge in [0.15, 0.2) is 17.5 Å². The van der Waals surface area contributed by atoms with E-state index in [0.29, 0.717) is 17.5 Å². The van der Waals surface area contributed by atoms with Crippen LogP contribution in [0.15, 0.2) is 127 Å². The zero-order chi connectivity index (χ0) is 30.8. The molecule has 5 aromatic carbocycles. The van der Waals surface area contributed by atoms with Gasteiger partial charge in [-0.3, -0.25) is 0 Å². The first-order chi connectivity index (χ1) is 22.6. The van der Waals surface area contributed by atoms with E-state index in [4.69, 9.17) is 15.0 Å². The molecule has 0 atom stereocenters. The summed E-state index contributed by atoms with van der Waals surface area (Å²) in [6.45, 7) is 4.71. The molecule has 0 radical (unpaired) electrons. The number of rotatable bonds is 4. The highest BCUT2D eigenvalue weighted by Gasteiger charge is 2.36. The van der Waals surface area contributed by atoms with Crippen LogP contribution in [0, 0.1) is 0 Å². The van der Waals surface area contributed by atoms with Gasteiger partial charge in [0.25, 0.3) is 0 Å². The first-order valence-electron chi connectivity index (χ1n) is 16.0. The number of allylic oxidation sites excluding steroid dienone is 1. The summed E-state index contributed by atoms with van der Waals surface area (Å²) in [6, 6.07) is 42.7. The van der Waals surface area contributed by atoms with Crippen LogP contribution in [-0.4, -0.2) is 19.5 Å². The second kappa shape index (κ2) is 10.2. The van der Waals surface area contributed by atoms with E-state index in [1.807, 2.05) is 36.4 Å². The quantitative estimate of drug-likeness (QED) is 0.204. The Balaban J connectivity index is 1.31. The number of hydrogen-bond acceptors (Lipinski definition) is 3. The van der Waals surface area contributed by atoms with Crippen molar-refractivity contribution in [3.8, 4) is 51.0 Å². The van der Waals surface area contributed by atoms with Crippen molar-refractivity contribution in [2.24, 2.45) is 0 Å². The standard InChI is InChI=1S/C42H32N4/c1-42(2)34-22-12-9-19-29(34)32-25-33-30-20-10-13-23-36(30)46(38(33)26-35(32)42)37-24-14-11-21-31(37)41-44-39(27-15-5-3-6-16-27)43-40(45-41)28-17-7-4-8-18-28/h3-12,14-22,24-26H,13,23H2,1-2H3. The maximum Gasteiger partial charge on any atom is 0.166 e. The van der Waals surface area contributed by atoms with Crippen molar-refractivity contribution < 1.29 is 0 Å². The monoisotopic (exact) mass is 592 g/mol. The van der Waals surface area contributed by atoms with Gasteiger partial charge in [-0.1, -0.05) is 123 Å². The van der Waals surface area contributed by atoms with E-state index in [0.717, 1.165) is 35.2 Å². The molecule has 0 saturated carbocycles. The van der Waals surface area contributed by atoms with Gasteiger partial charge >= 0.3 is 0 Å². The molecule has 4 nitrogen and oxygen atoms in total. The van der Waals surface area contributed by atoms with Gasteiger partial charge in [0.05, 0.1) is 11.2 Å². The van der Waals surface area contributed by atoms with Crippen molar-refractivity contribution in [3.63, 3.8) is 0 Å². The summed E-state index contributed by atoms with van der Waals surface area (Å²) in [7, 11) is 0. The van der Waals surface area contributed by atoms with Crippen molar-refractivity contribution in [1.29, 1.82) is 0 Å². The number of aromatic nitrogens is 4. The minimum atomic E-state index is -0.0888. The zero-order valence-corrected chi connectivity index (χ0v) is 25.9. The molecule has 46 heavy (non-hydrogen) atoms. The predicted octanol–water partition coefficient (Wildman–Crippen LogP) is 10.1. The van der Waals surface area contributed by atoms with Crippen LogP contribution in [-0.2, 0) is 11.8 Å². The molecule has 0 N–H and O–H groups in total. The average Bonchev–Trinajstić information content (AvgIpc) is 3.56.